The van der Waals surface area contributed by atoms with Gasteiger partial charge >= 0.3 is 0 Å². The smallest absolute Gasteiger partial charge is 0.137 e. The molecule has 2 rings (SSSR count). The first-order chi connectivity index (χ1) is 6.65. The van der Waals surface area contributed by atoms with Gasteiger partial charge in [0.25, 0.3) is 0 Å². The molecule has 2 aromatic heterocycles. The molecule has 72 valence electrons. The summed E-state index contributed by atoms with van der Waals surface area (Å²) in [5.74, 6) is 0.744. The molecule has 0 amide bonds. The highest BCUT2D eigenvalue weighted by molar-refractivity contribution is 6.32. The van der Waals surface area contributed by atoms with Gasteiger partial charge in [0.15, 0.2) is 0 Å². The second-order valence-corrected chi connectivity index (χ2v) is 3.69. The summed E-state index contributed by atoms with van der Waals surface area (Å²) >= 11 is 11.5. The Balaban J connectivity index is 2.51. The van der Waals surface area contributed by atoms with Crippen LogP contribution in [-0.2, 0) is 0 Å². The Kier molecular flexibility index (Phi) is 2.44. The number of aromatic amines is 1. The Bertz CT molecular complexity index is 445. The number of imidazole rings is 1. The average molecular weight is 228 g/mol. The van der Waals surface area contributed by atoms with E-state index in [9.17, 15) is 0 Å². The molecule has 0 unspecified atom stereocenters. The summed E-state index contributed by atoms with van der Waals surface area (Å²) in [6.07, 6.45) is 1.75. The van der Waals surface area contributed by atoms with Crippen molar-refractivity contribution in [2.75, 3.05) is 0 Å². The fourth-order valence-electron chi connectivity index (χ4n) is 1.16. The fourth-order valence-corrected chi connectivity index (χ4v) is 1.62. The monoisotopic (exact) mass is 227 g/mol. The molecule has 0 spiro atoms. The van der Waals surface area contributed by atoms with E-state index in [0.717, 1.165) is 17.1 Å². The van der Waals surface area contributed by atoms with Crippen molar-refractivity contribution in [3.63, 3.8) is 0 Å². The first-order valence-electron chi connectivity index (χ1n) is 4.00. The van der Waals surface area contributed by atoms with E-state index in [1.807, 2.05) is 6.92 Å². The number of rotatable bonds is 1. The van der Waals surface area contributed by atoms with Crippen LogP contribution >= 0.6 is 23.2 Å². The van der Waals surface area contributed by atoms with Gasteiger partial charge in [-0.2, -0.15) is 0 Å². The van der Waals surface area contributed by atoms with Gasteiger partial charge in [-0.25, -0.2) is 9.97 Å². The van der Waals surface area contributed by atoms with Crippen LogP contribution in [0.2, 0.25) is 10.3 Å². The summed E-state index contributed by atoms with van der Waals surface area (Å²) in [4.78, 5) is 11.1. The Morgan fingerprint density at radius 2 is 1.86 bits per heavy atom. The zero-order chi connectivity index (χ0) is 10.1. The molecule has 0 bridgehead atoms. The van der Waals surface area contributed by atoms with E-state index in [4.69, 9.17) is 23.2 Å². The van der Waals surface area contributed by atoms with Crippen molar-refractivity contribution in [2.45, 2.75) is 6.92 Å². The number of hydrogen-bond acceptors (Lipinski definition) is 2. The van der Waals surface area contributed by atoms with E-state index >= 15 is 0 Å². The molecule has 0 aliphatic rings. The van der Waals surface area contributed by atoms with Crippen LogP contribution in [0.1, 0.15) is 5.69 Å². The molecule has 0 atom stereocenters. The topological polar surface area (TPSA) is 41.6 Å². The third-order valence-corrected chi connectivity index (χ3v) is 2.13. The van der Waals surface area contributed by atoms with E-state index in [1.54, 1.807) is 18.3 Å². The van der Waals surface area contributed by atoms with Gasteiger partial charge in [-0.3, -0.25) is 0 Å². The lowest BCUT2D eigenvalue weighted by atomic mass is 10.2. The molecule has 0 aromatic carbocycles. The van der Waals surface area contributed by atoms with Crippen LogP contribution in [0.15, 0.2) is 18.3 Å². The van der Waals surface area contributed by atoms with Gasteiger partial charge in [0.1, 0.15) is 16.1 Å². The van der Waals surface area contributed by atoms with Crippen LogP contribution in [0.5, 0.6) is 0 Å². The maximum atomic E-state index is 5.77. The molecule has 0 aliphatic heterocycles. The van der Waals surface area contributed by atoms with E-state index in [0.29, 0.717) is 10.3 Å². The van der Waals surface area contributed by atoms with Gasteiger partial charge < -0.3 is 4.98 Å². The van der Waals surface area contributed by atoms with Gasteiger partial charge in [-0.15, -0.1) is 0 Å². The van der Waals surface area contributed by atoms with Gasteiger partial charge in [0.05, 0.1) is 0 Å². The zero-order valence-corrected chi connectivity index (χ0v) is 8.89. The minimum absolute atomic E-state index is 0.363. The van der Waals surface area contributed by atoms with E-state index in [-0.39, 0.29) is 0 Å². The molecule has 0 saturated heterocycles. The maximum Gasteiger partial charge on any atom is 0.137 e. The van der Waals surface area contributed by atoms with Crippen molar-refractivity contribution < 1.29 is 0 Å². The Hall–Kier alpha value is -1.06. The first-order valence-corrected chi connectivity index (χ1v) is 4.76. The fraction of sp³-hybridized carbons (Fsp3) is 0.111. The minimum Gasteiger partial charge on any atom is -0.342 e. The van der Waals surface area contributed by atoms with Crippen LogP contribution in [0.25, 0.3) is 11.4 Å². The summed E-state index contributed by atoms with van der Waals surface area (Å²) in [5.41, 5.74) is 1.83. The highest BCUT2D eigenvalue weighted by atomic mass is 35.5. The van der Waals surface area contributed by atoms with Crippen LogP contribution in [0.4, 0.5) is 0 Å². The largest absolute Gasteiger partial charge is 0.342 e. The summed E-state index contributed by atoms with van der Waals surface area (Å²) < 4.78 is 0. The van der Waals surface area contributed by atoms with Crippen molar-refractivity contribution in [1.29, 1.82) is 0 Å². The van der Waals surface area contributed by atoms with Crippen LogP contribution in [-0.4, -0.2) is 15.0 Å². The zero-order valence-electron chi connectivity index (χ0n) is 7.38. The number of hydrogen-bond donors (Lipinski definition) is 1. The molecule has 0 fully saturated rings. The van der Waals surface area contributed by atoms with Crippen molar-refractivity contribution in [3.8, 4) is 11.4 Å². The summed E-state index contributed by atoms with van der Waals surface area (Å²) in [6.45, 7) is 1.93. The predicted molar refractivity (Wildman–Crippen MR) is 56.6 cm³/mol. The van der Waals surface area contributed by atoms with Crippen LogP contribution in [0.3, 0.4) is 0 Å². The van der Waals surface area contributed by atoms with E-state index < -0.39 is 0 Å². The minimum atomic E-state index is 0.363. The van der Waals surface area contributed by atoms with Gasteiger partial charge in [-0.1, -0.05) is 23.2 Å². The quantitative estimate of drug-likeness (QED) is 0.762. The lowest BCUT2D eigenvalue weighted by molar-refractivity contribution is 1.24. The molecule has 0 saturated carbocycles. The van der Waals surface area contributed by atoms with Gasteiger partial charge in [-0.05, 0) is 19.1 Å². The molecule has 3 nitrogen and oxygen atoms in total. The van der Waals surface area contributed by atoms with E-state index in [2.05, 4.69) is 15.0 Å². The number of nitrogens with one attached hydrogen (secondary N) is 1. The predicted octanol–water partition coefficient (Wildman–Crippen LogP) is 3.09. The normalized spacial score (nSPS) is 10.5. The molecule has 0 aliphatic carbocycles. The summed E-state index contributed by atoms with van der Waals surface area (Å²) in [6, 6.07) is 3.43. The Labute approximate surface area is 91.1 Å². The van der Waals surface area contributed by atoms with Crippen molar-refractivity contribution >= 4 is 23.2 Å². The average Bonchev–Trinajstić information content (AvgIpc) is 2.50. The van der Waals surface area contributed by atoms with Crippen molar-refractivity contribution in [2.24, 2.45) is 0 Å². The molecule has 2 aromatic rings. The number of aryl methyl sites for hydroxylation is 1. The van der Waals surface area contributed by atoms with E-state index in [1.165, 1.54) is 0 Å². The Morgan fingerprint density at radius 1 is 1.21 bits per heavy atom. The molecule has 1 N–H and O–H groups in total. The standard InChI is InChI=1S/C9H7Cl2N3/c1-5-4-12-9(13-5)6-2-7(10)14-8(11)3-6/h2-4H,1H3,(H,12,13). The lowest BCUT2D eigenvalue weighted by Gasteiger charge is -1.98. The Morgan fingerprint density at radius 3 is 2.36 bits per heavy atom. The molecule has 14 heavy (non-hydrogen) atoms. The van der Waals surface area contributed by atoms with Crippen molar-refractivity contribution in [1.82, 2.24) is 15.0 Å². The number of halogens is 2. The molecule has 0 radical (unpaired) electrons. The molecule has 5 heteroatoms. The highest BCUT2D eigenvalue weighted by Crippen LogP contribution is 2.22. The van der Waals surface area contributed by atoms with Crippen LogP contribution < -0.4 is 0 Å². The lowest BCUT2D eigenvalue weighted by Crippen LogP contribution is -1.84. The number of aromatic nitrogens is 3. The second-order valence-electron chi connectivity index (χ2n) is 2.92. The second kappa shape index (κ2) is 3.59. The molecular weight excluding hydrogens is 221 g/mol. The summed E-state index contributed by atoms with van der Waals surface area (Å²) in [5, 5.41) is 0.725. The third-order valence-electron chi connectivity index (χ3n) is 1.74. The summed E-state index contributed by atoms with van der Waals surface area (Å²) in [7, 11) is 0. The molecule has 2 heterocycles. The number of nitrogens with zero attached hydrogens (tertiary/aromatic N) is 2. The van der Waals surface area contributed by atoms with Crippen molar-refractivity contribution in [3.05, 3.63) is 34.3 Å². The first kappa shape index (κ1) is 9.49. The third kappa shape index (κ3) is 1.89. The maximum absolute atomic E-state index is 5.77. The van der Waals surface area contributed by atoms with Crippen LogP contribution in [0, 0.1) is 6.92 Å². The SMILES string of the molecule is Cc1cnc(-c2cc(Cl)nc(Cl)c2)[nH]1. The number of H-pyrrole nitrogens is 1. The highest BCUT2D eigenvalue weighted by Gasteiger charge is 2.04. The number of pyridine rings is 1. The van der Waals surface area contributed by atoms with Gasteiger partial charge in [0, 0.05) is 17.5 Å². The molecular formula is C9H7Cl2N3. The van der Waals surface area contributed by atoms with Gasteiger partial charge in [0.2, 0.25) is 0 Å².